The van der Waals surface area contributed by atoms with Crippen LogP contribution in [0, 0.1) is 5.82 Å². The van der Waals surface area contributed by atoms with E-state index in [-0.39, 0.29) is 36.1 Å². The fourth-order valence-corrected chi connectivity index (χ4v) is 4.36. The molecule has 1 aromatic carbocycles. The van der Waals surface area contributed by atoms with Gasteiger partial charge in [-0.3, -0.25) is 9.78 Å². The molecule has 30 heavy (non-hydrogen) atoms. The third-order valence-electron chi connectivity index (χ3n) is 4.92. The molecular formula is C20H24FN3O5S. The Bertz CT molecular complexity index is 941. The minimum Gasteiger partial charge on any atom is -0.394 e. The number of hydrogen-bond acceptors (Lipinski definition) is 6. The summed E-state index contributed by atoms with van der Waals surface area (Å²) in [4.78, 5) is 16.2. The molecule has 1 fully saturated rings. The third-order valence-corrected chi connectivity index (χ3v) is 6.40. The Balaban J connectivity index is 1.49. The summed E-state index contributed by atoms with van der Waals surface area (Å²) in [7, 11) is -3.74. The van der Waals surface area contributed by atoms with E-state index in [1.165, 1.54) is 18.3 Å². The van der Waals surface area contributed by atoms with Gasteiger partial charge in [0.1, 0.15) is 11.9 Å². The normalized spacial score (nSPS) is 21.9. The summed E-state index contributed by atoms with van der Waals surface area (Å²) in [5.74, 6) is -0.801. The molecule has 0 radical (unpaired) electrons. The van der Waals surface area contributed by atoms with Crippen molar-refractivity contribution in [2.24, 2.45) is 0 Å². The van der Waals surface area contributed by atoms with Gasteiger partial charge in [-0.2, -0.15) is 0 Å². The summed E-state index contributed by atoms with van der Waals surface area (Å²) in [6.07, 6.45) is 3.79. The predicted octanol–water partition coefficient (Wildman–Crippen LogP) is 1.23. The van der Waals surface area contributed by atoms with Crippen molar-refractivity contribution >= 4 is 15.9 Å². The van der Waals surface area contributed by atoms with E-state index in [4.69, 9.17) is 4.74 Å². The van der Waals surface area contributed by atoms with E-state index in [9.17, 15) is 22.7 Å². The van der Waals surface area contributed by atoms with Crippen LogP contribution in [-0.2, 0) is 14.8 Å². The molecule has 3 rings (SSSR count). The van der Waals surface area contributed by atoms with Gasteiger partial charge in [-0.25, -0.2) is 17.5 Å². The molecule has 10 heteroatoms. The van der Waals surface area contributed by atoms with Crippen molar-refractivity contribution in [2.75, 3.05) is 13.2 Å². The van der Waals surface area contributed by atoms with Crippen LogP contribution in [-0.4, -0.2) is 55.8 Å². The van der Waals surface area contributed by atoms with Gasteiger partial charge in [0, 0.05) is 18.9 Å². The number of pyridine rings is 1. The molecule has 2 aromatic rings. The molecule has 3 N–H and O–H groups in total. The number of carbonyl (C=O) groups excluding carboxylic acids is 1. The van der Waals surface area contributed by atoms with Crippen LogP contribution in [0.3, 0.4) is 0 Å². The van der Waals surface area contributed by atoms with Gasteiger partial charge in [-0.1, -0.05) is 0 Å². The molecule has 1 aliphatic heterocycles. The summed E-state index contributed by atoms with van der Waals surface area (Å²) >= 11 is 0. The number of nitrogens with zero attached hydrogens (tertiary/aromatic N) is 1. The highest BCUT2D eigenvalue weighted by atomic mass is 32.2. The summed E-state index contributed by atoms with van der Waals surface area (Å²) in [5, 5.41) is 12.5. The number of sulfonamides is 1. The smallest absolute Gasteiger partial charge is 0.253 e. The zero-order valence-electron chi connectivity index (χ0n) is 16.2. The second-order valence-electron chi connectivity index (χ2n) is 7.02. The van der Waals surface area contributed by atoms with E-state index in [0.717, 1.165) is 12.1 Å². The minimum absolute atomic E-state index is 0.0140. The first kappa shape index (κ1) is 22.3. The zero-order valence-corrected chi connectivity index (χ0v) is 17.0. The summed E-state index contributed by atoms with van der Waals surface area (Å²) in [6.45, 7) is -0.134. The lowest BCUT2D eigenvalue weighted by Crippen LogP contribution is -2.51. The largest absolute Gasteiger partial charge is 0.394 e. The van der Waals surface area contributed by atoms with E-state index >= 15 is 0 Å². The molecule has 1 saturated heterocycles. The van der Waals surface area contributed by atoms with Crippen LogP contribution in [0.25, 0.3) is 0 Å². The number of rotatable bonds is 8. The molecule has 0 unspecified atom stereocenters. The second-order valence-corrected chi connectivity index (χ2v) is 8.79. The van der Waals surface area contributed by atoms with E-state index in [0.29, 0.717) is 24.8 Å². The second kappa shape index (κ2) is 10.1. The Morgan fingerprint density at radius 3 is 2.67 bits per heavy atom. The standard InChI is InChI=1S/C20H24FN3O5S/c21-15-3-6-17(7-4-15)30(27,28)23-11-9-16-5-8-18(19(13-25)29-16)24-20(26)14-2-1-10-22-12-14/h1-4,6-7,10,12,16,18-19,23,25H,5,8-9,11,13H2,(H,24,26)/t16-,18-,19+/m1/s1. The predicted molar refractivity (Wildman–Crippen MR) is 107 cm³/mol. The number of aliphatic hydroxyl groups is 1. The first-order chi connectivity index (χ1) is 14.4. The molecule has 8 nitrogen and oxygen atoms in total. The van der Waals surface area contributed by atoms with Crippen LogP contribution in [0.1, 0.15) is 29.6 Å². The number of halogens is 1. The van der Waals surface area contributed by atoms with Crippen LogP contribution in [0.2, 0.25) is 0 Å². The van der Waals surface area contributed by atoms with Crippen LogP contribution >= 0.6 is 0 Å². The van der Waals surface area contributed by atoms with Crippen LogP contribution in [0.4, 0.5) is 4.39 Å². The van der Waals surface area contributed by atoms with Gasteiger partial charge in [-0.05, 0) is 55.7 Å². The SMILES string of the molecule is O=C(N[C@@H]1CC[C@H](CCNS(=O)(=O)c2ccc(F)cc2)O[C@H]1CO)c1cccnc1. The number of aromatic nitrogens is 1. The fraction of sp³-hybridized carbons (Fsp3) is 0.400. The number of hydrogen-bond donors (Lipinski definition) is 3. The van der Waals surface area contributed by atoms with Crippen molar-refractivity contribution in [3.05, 3.63) is 60.2 Å². The van der Waals surface area contributed by atoms with E-state index < -0.39 is 21.9 Å². The number of carbonyl (C=O) groups is 1. The highest BCUT2D eigenvalue weighted by molar-refractivity contribution is 7.89. The highest BCUT2D eigenvalue weighted by Crippen LogP contribution is 2.22. The molecule has 1 aromatic heterocycles. The van der Waals surface area contributed by atoms with E-state index in [1.54, 1.807) is 18.3 Å². The summed E-state index contributed by atoms with van der Waals surface area (Å²) < 4.78 is 45.8. The topological polar surface area (TPSA) is 118 Å². The average Bonchev–Trinajstić information content (AvgIpc) is 2.75. The van der Waals surface area contributed by atoms with Crippen molar-refractivity contribution in [1.82, 2.24) is 15.0 Å². The molecule has 1 aliphatic rings. The lowest BCUT2D eigenvalue weighted by Gasteiger charge is -2.36. The number of benzene rings is 1. The average molecular weight is 437 g/mol. The monoisotopic (exact) mass is 437 g/mol. The lowest BCUT2D eigenvalue weighted by atomic mass is 9.97. The minimum atomic E-state index is -3.74. The Morgan fingerprint density at radius 1 is 1.23 bits per heavy atom. The molecule has 0 aliphatic carbocycles. The number of aliphatic hydroxyl groups excluding tert-OH is 1. The molecule has 162 valence electrons. The van der Waals surface area contributed by atoms with E-state index in [1.807, 2.05) is 0 Å². The zero-order chi connectivity index (χ0) is 21.6. The molecule has 0 bridgehead atoms. The molecule has 0 saturated carbocycles. The molecule has 2 heterocycles. The highest BCUT2D eigenvalue weighted by Gasteiger charge is 2.32. The van der Waals surface area contributed by atoms with Gasteiger partial charge >= 0.3 is 0 Å². The van der Waals surface area contributed by atoms with Crippen molar-refractivity contribution < 1.29 is 27.4 Å². The van der Waals surface area contributed by atoms with Gasteiger partial charge in [0.05, 0.1) is 29.2 Å². The van der Waals surface area contributed by atoms with Gasteiger partial charge in [0.15, 0.2) is 0 Å². The van der Waals surface area contributed by atoms with Crippen LogP contribution in [0.15, 0.2) is 53.7 Å². The first-order valence-electron chi connectivity index (χ1n) is 9.61. The third kappa shape index (κ3) is 5.82. The van der Waals surface area contributed by atoms with Crippen molar-refractivity contribution in [1.29, 1.82) is 0 Å². The van der Waals surface area contributed by atoms with Gasteiger partial charge in [0.25, 0.3) is 5.91 Å². The van der Waals surface area contributed by atoms with Crippen molar-refractivity contribution in [3.8, 4) is 0 Å². The van der Waals surface area contributed by atoms with Gasteiger partial charge < -0.3 is 15.2 Å². The number of amides is 1. The first-order valence-corrected chi connectivity index (χ1v) is 11.1. The quantitative estimate of drug-likeness (QED) is 0.572. The van der Waals surface area contributed by atoms with Gasteiger partial charge in [0.2, 0.25) is 10.0 Å². The van der Waals surface area contributed by atoms with Gasteiger partial charge in [-0.15, -0.1) is 0 Å². The summed E-state index contributed by atoms with van der Waals surface area (Å²) in [5.41, 5.74) is 0.423. The Hall–Kier alpha value is -2.40. The van der Waals surface area contributed by atoms with Crippen LogP contribution in [0.5, 0.6) is 0 Å². The van der Waals surface area contributed by atoms with Crippen molar-refractivity contribution in [2.45, 2.75) is 42.4 Å². The molecule has 0 spiro atoms. The Morgan fingerprint density at radius 2 is 2.00 bits per heavy atom. The lowest BCUT2D eigenvalue weighted by molar-refractivity contribution is -0.0891. The van der Waals surface area contributed by atoms with Crippen LogP contribution < -0.4 is 10.0 Å². The number of nitrogens with one attached hydrogen (secondary N) is 2. The molecular weight excluding hydrogens is 413 g/mol. The maximum atomic E-state index is 13.0. The molecule has 3 atom stereocenters. The van der Waals surface area contributed by atoms with Crippen molar-refractivity contribution in [3.63, 3.8) is 0 Å². The summed E-state index contributed by atoms with van der Waals surface area (Å²) in [6, 6.07) is 7.54. The maximum absolute atomic E-state index is 13.0. The Labute approximate surface area is 174 Å². The number of ether oxygens (including phenoxy) is 1. The Kier molecular flexibility index (Phi) is 7.48. The molecule has 1 amide bonds. The fourth-order valence-electron chi connectivity index (χ4n) is 3.31. The van der Waals surface area contributed by atoms with E-state index in [2.05, 4.69) is 15.0 Å². The maximum Gasteiger partial charge on any atom is 0.253 e.